The van der Waals surface area contributed by atoms with Crippen molar-refractivity contribution in [1.29, 1.82) is 0 Å². The van der Waals surface area contributed by atoms with Gasteiger partial charge in [-0.2, -0.15) is 9.78 Å². The van der Waals surface area contributed by atoms with Crippen molar-refractivity contribution >= 4 is 29.2 Å². The number of hydrogen-bond acceptors (Lipinski definition) is 4. The fourth-order valence-corrected chi connectivity index (χ4v) is 4.86. The molecule has 1 aliphatic rings. The molecule has 194 valence electrons. The van der Waals surface area contributed by atoms with Gasteiger partial charge in [0.05, 0.1) is 11.4 Å². The highest BCUT2D eigenvalue weighted by atomic mass is 35.5. The maximum absolute atomic E-state index is 13.5. The Morgan fingerprint density at radius 3 is 2.50 bits per heavy atom. The van der Waals surface area contributed by atoms with Gasteiger partial charge >= 0.3 is 6.03 Å². The van der Waals surface area contributed by atoms with Gasteiger partial charge in [0.2, 0.25) is 0 Å². The fraction of sp³-hybridized carbons (Fsp3) is 0.207. The zero-order valence-electron chi connectivity index (χ0n) is 20.5. The van der Waals surface area contributed by atoms with Crippen LogP contribution in [0.3, 0.4) is 0 Å². The number of aromatic nitrogens is 2. The molecule has 1 aromatic heterocycles. The third-order valence-corrected chi connectivity index (χ3v) is 6.93. The van der Waals surface area contributed by atoms with E-state index in [-0.39, 0.29) is 29.9 Å². The lowest BCUT2D eigenvalue weighted by Gasteiger charge is -2.12. The van der Waals surface area contributed by atoms with Gasteiger partial charge in [-0.15, -0.1) is 0 Å². The Bertz CT molecular complexity index is 1480. The lowest BCUT2D eigenvalue weighted by atomic mass is 10.0. The largest absolute Gasteiger partial charge is 0.507 e. The van der Waals surface area contributed by atoms with Crippen LogP contribution in [0.1, 0.15) is 53.2 Å². The Kier molecular flexibility index (Phi) is 7.42. The van der Waals surface area contributed by atoms with Crippen molar-refractivity contribution in [2.45, 2.75) is 38.1 Å². The maximum atomic E-state index is 13.5. The zero-order valence-corrected chi connectivity index (χ0v) is 21.2. The third-order valence-electron chi connectivity index (χ3n) is 6.67. The number of rotatable bonds is 6. The van der Waals surface area contributed by atoms with E-state index in [4.69, 9.17) is 11.6 Å². The molecule has 2 amide bonds. The summed E-state index contributed by atoms with van der Waals surface area (Å²) in [5.41, 5.74) is 3.14. The number of benzene rings is 3. The van der Waals surface area contributed by atoms with Gasteiger partial charge in [-0.25, -0.2) is 9.18 Å². The van der Waals surface area contributed by atoms with E-state index in [1.165, 1.54) is 22.9 Å². The number of phenols is 1. The summed E-state index contributed by atoms with van der Waals surface area (Å²) in [7, 11) is 0. The lowest BCUT2D eigenvalue weighted by molar-refractivity contribution is 0.102. The molecule has 1 fully saturated rings. The normalized spacial score (nSPS) is 13.4. The van der Waals surface area contributed by atoms with E-state index in [1.807, 2.05) is 6.07 Å². The molecule has 0 unspecified atom stereocenters. The van der Waals surface area contributed by atoms with Crippen molar-refractivity contribution in [2.24, 2.45) is 0 Å². The monoisotopic (exact) mass is 532 g/mol. The van der Waals surface area contributed by atoms with Gasteiger partial charge in [0.1, 0.15) is 11.6 Å². The molecule has 3 aromatic carbocycles. The van der Waals surface area contributed by atoms with Crippen molar-refractivity contribution < 1.29 is 19.1 Å². The Hall–Kier alpha value is -4.17. The van der Waals surface area contributed by atoms with E-state index >= 15 is 0 Å². The topological polar surface area (TPSA) is 96.3 Å². The van der Waals surface area contributed by atoms with Crippen molar-refractivity contribution in [2.75, 3.05) is 5.32 Å². The summed E-state index contributed by atoms with van der Waals surface area (Å²) in [6, 6.07) is 18.7. The van der Waals surface area contributed by atoms with E-state index in [0.717, 1.165) is 31.4 Å². The van der Waals surface area contributed by atoms with Crippen LogP contribution >= 0.6 is 11.6 Å². The smallest absolute Gasteiger partial charge is 0.342 e. The average molecular weight is 533 g/mol. The summed E-state index contributed by atoms with van der Waals surface area (Å²) in [5.74, 6) is -0.609. The second-order valence-corrected chi connectivity index (χ2v) is 9.77. The molecular formula is C29H26ClFN4O3. The molecule has 1 aliphatic carbocycles. The quantitative estimate of drug-likeness (QED) is 0.257. The second-order valence-electron chi connectivity index (χ2n) is 9.33. The number of phenolic OH excluding ortho intramolecular Hbond substituents is 1. The van der Waals surface area contributed by atoms with Gasteiger partial charge in [-0.05, 0) is 73.0 Å². The first kappa shape index (κ1) is 25.5. The zero-order chi connectivity index (χ0) is 26.6. The number of carbonyl (C=O) groups excluding carboxylic acids is 2. The number of hydrogen-bond donors (Lipinski definition) is 3. The average Bonchev–Trinajstić information content (AvgIpc) is 3.58. The second kappa shape index (κ2) is 11.1. The highest BCUT2D eigenvalue weighted by Gasteiger charge is 2.26. The number of carbonyl (C=O) groups is 2. The van der Waals surface area contributed by atoms with Crippen LogP contribution in [0.4, 0.5) is 14.9 Å². The first-order chi connectivity index (χ1) is 18.4. The highest BCUT2D eigenvalue weighted by Crippen LogP contribution is 2.38. The summed E-state index contributed by atoms with van der Waals surface area (Å²) in [6.45, 7) is 0.156. The van der Waals surface area contributed by atoms with Crippen LogP contribution < -0.4 is 10.6 Å². The molecule has 38 heavy (non-hydrogen) atoms. The van der Waals surface area contributed by atoms with Crippen LogP contribution in [0.5, 0.6) is 5.75 Å². The molecular weight excluding hydrogens is 507 g/mol. The molecule has 1 saturated carbocycles. The highest BCUT2D eigenvalue weighted by molar-refractivity contribution is 6.30. The Balaban J connectivity index is 1.37. The molecule has 0 spiro atoms. The first-order valence-corrected chi connectivity index (χ1v) is 12.8. The first-order valence-electron chi connectivity index (χ1n) is 12.4. The van der Waals surface area contributed by atoms with Crippen molar-refractivity contribution in [3.8, 4) is 17.0 Å². The maximum Gasteiger partial charge on any atom is 0.342 e. The summed E-state index contributed by atoms with van der Waals surface area (Å²) in [5, 5.41) is 21.4. The Morgan fingerprint density at radius 2 is 1.79 bits per heavy atom. The minimum Gasteiger partial charge on any atom is -0.507 e. The Morgan fingerprint density at radius 1 is 1.03 bits per heavy atom. The molecule has 0 atom stereocenters. The summed E-state index contributed by atoms with van der Waals surface area (Å²) in [4.78, 5) is 25.6. The SMILES string of the molecule is O=C(Nc1ccc(-c2cc(C3CCCC3)n(C(=O)NCc3cccc(F)c3)n2)c(O)c1)c1ccc(Cl)cc1. The summed E-state index contributed by atoms with van der Waals surface area (Å²) < 4.78 is 14.9. The van der Waals surface area contributed by atoms with E-state index in [1.54, 1.807) is 48.5 Å². The molecule has 0 radical (unpaired) electrons. The molecule has 0 saturated heterocycles. The van der Waals surface area contributed by atoms with Gasteiger partial charge in [-0.1, -0.05) is 36.6 Å². The number of aromatic hydroxyl groups is 1. The molecule has 1 heterocycles. The van der Waals surface area contributed by atoms with Gasteiger partial charge in [0.25, 0.3) is 5.91 Å². The fourth-order valence-electron chi connectivity index (χ4n) is 4.73. The molecule has 5 rings (SSSR count). The molecule has 4 aromatic rings. The van der Waals surface area contributed by atoms with Crippen LogP contribution in [0.15, 0.2) is 72.8 Å². The molecule has 7 nitrogen and oxygen atoms in total. The van der Waals surface area contributed by atoms with Gasteiger partial charge in [0.15, 0.2) is 0 Å². The molecule has 9 heteroatoms. The Labute approximate surface area is 224 Å². The molecule has 0 bridgehead atoms. The number of nitrogens with one attached hydrogen (secondary N) is 2. The molecule has 3 N–H and O–H groups in total. The van der Waals surface area contributed by atoms with Crippen molar-refractivity contribution in [3.05, 3.63) is 100 Å². The predicted molar refractivity (Wildman–Crippen MR) is 144 cm³/mol. The van der Waals surface area contributed by atoms with Gasteiger partial charge in [0, 0.05) is 40.4 Å². The lowest BCUT2D eigenvalue weighted by Crippen LogP contribution is -2.30. The van der Waals surface area contributed by atoms with Crippen LogP contribution in [-0.4, -0.2) is 26.8 Å². The summed E-state index contributed by atoms with van der Waals surface area (Å²) in [6.07, 6.45) is 4.04. The number of halogens is 2. The van der Waals surface area contributed by atoms with E-state index < -0.39 is 6.03 Å². The van der Waals surface area contributed by atoms with Crippen molar-refractivity contribution in [1.82, 2.24) is 15.1 Å². The standard InChI is InChI=1S/C29H26ClFN4O3/c30-21-10-8-20(9-11-21)28(37)33-23-12-13-24(27(36)15-23)25-16-26(19-5-1-2-6-19)35(34-25)29(38)32-17-18-4-3-7-22(31)14-18/h3-4,7-16,19,36H,1-2,5-6,17H2,(H,32,38)(H,33,37). The van der Waals surface area contributed by atoms with Crippen LogP contribution in [0.2, 0.25) is 5.02 Å². The minimum absolute atomic E-state index is 0.0818. The number of anilines is 1. The van der Waals surface area contributed by atoms with E-state index in [0.29, 0.717) is 33.1 Å². The van der Waals surface area contributed by atoms with Crippen LogP contribution in [-0.2, 0) is 6.54 Å². The van der Waals surface area contributed by atoms with E-state index in [9.17, 15) is 19.1 Å². The number of amides is 2. The number of nitrogens with zero attached hydrogens (tertiary/aromatic N) is 2. The van der Waals surface area contributed by atoms with Gasteiger partial charge in [-0.3, -0.25) is 4.79 Å². The third kappa shape index (κ3) is 5.70. The molecule has 0 aliphatic heterocycles. The van der Waals surface area contributed by atoms with E-state index in [2.05, 4.69) is 15.7 Å². The summed E-state index contributed by atoms with van der Waals surface area (Å²) >= 11 is 5.89. The van der Waals surface area contributed by atoms with Crippen LogP contribution in [0.25, 0.3) is 11.3 Å². The van der Waals surface area contributed by atoms with Gasteiger partial charge < -0.3 is 15.7 Å². The minimum atomic E-state index is -0.422. The van der Waals surface area contributed by atoms with Crippen molar-refractivity contribution in [3.63, 3.8) is 0 Å². The predicted octanol–water partition coefficient (Wildman–Crippen LogP) is 6.72. The van der Waals surface area contributed by atoms with Crippen LogP contribution in [0, 0.1) is 5.82 Å².